The Balaban J connectivity index is 0.000000164. The van der Waals surface area contributed by atoms with Gasteiger partial charge in [0.25, 0.3) is 5.69 Å². The molecule has 0 aliphatic heterocycles. The standard InChI is InChI=1S/C17H11N7O2.C16H11N7O4/c18-8-10-3-5-11(6-4-10)12(25)9-24-16-15(22-23-24)14(20-17(19)21-16)13-2-1-7-26-13;17-16-18-13(12-2-1-7-27-12)14-15(19-16)22(21-20-14)8-11(24)9-3-5-10(6-4-9)23(25)26/h1-7H,9H2,(H2,19,20,21);1-7H,8H2,(H2,17,18,19). The van der Waals surface area contributed by atoms with E-state index in [-0.39, 0.29) is 47.9 Å². The second-order valence-corrected chi connectivity index (χ2v) is 11.0. The van der Waals surface area contributed by atoms with E-state index in [9.17, 15) is 19.7 Å². The highest BCUT2D eigenvalue weighted by molar-refractivity contribution is 5.97. The van der Waals surface area contributed by atoms with Gasteiger partial charge in [-0.15, -0.1) is 10.2 Å². The van der Waals surface area contributed by atoms with E-state index in [1.807, 2.05) is 6.07 Å². The Morgan fingerprint density at radius 2 is 1.17 bits per heavy atom. The van der Waals surface area contributed by atoms with Gasteiger partial charge in [-0.1, -0.05) is 22.6 Å². The molecule has 4 N–H and O–H groups in total. The predicted octanol–water partition coefficient (Wildman–Crippen LogP) is 3.67. The Morgan fingerprint density at radius 1 is 0.717 bits per heavy atom. The first-order valence-corrected chi connectivity index (χ1v) is 15.3. The summed E-state index contributed by atoms with van der Waals surface area (Å²) in [6, 6.07) is 20.5. The number of rotatable bonds is 9. The fourth-order valence-corrected chi connectivity index (χ4v) is 5.08. The highest BCUT2D eigenvalue weighted by Crippen LogP contribution is 2.27. The van der Waals surface area contributed by atoms with Gasteiger partial charge < -0.3 is 20.3 Å². The molecule has 20 nitrogen and oxygen atoms in total. The Bertz CT molecular complexity index is 2660. The maximum Gasteiger partial charge on any atom is 0.269 e. The van der Waals surface area contributed by atoms with Crippen molar-refractivity contribution in [3.63, 3.8) is 0 Å². The molecule has 260 valence electrons. The Morgan fingerprint density at radius 3 is 1.57 bits per heavy atom. The molecule has 0 spiro atoms. The van der Waals surface area contributed by atoms with Gasteiger partial charge in [0.2, 0.25) is 11.9 Å². The number of nitro benzene ring substituents is 1. The zero-order chi connectivity index (χ0) is 37.1. The van der Waals surface area contributed by atoms with Gasteiger partial charge in [0.15, 0.2) is 45.4 Å². The van der Waals surface area contributed by atoms with Gasteiger partial charge in [0, 0.05) is 23.3 Å². The Kier molecular flexibility index (Phi) is 8.77. The van der Waals surface area contributed by atoms with E-state index in [4.69, 9.17) is 25.6 Å². The lowest BCUT2D eigenvalue weighted by Gasteiger charge is -2.03. The smallest absolute Gasteiger partial charge is 0.269 e. The van der Waals surface area contributed by atoms with Gasteiger partial charge in [-0.25, -0.2) is 19.3 Å². The van der Waals surface area contributed by atoms with Crippen molar-refractivity contribution >= 4 is 51.5 Å². The van der Waals surface area contributed by atoms with Gasteiger partial charge in [0.05, 0.1) is 29.1 Å². The molecule has 0 atom stereocenters. The number of furan rings is 2. The summed E-state index contributed by atoms with van der Waals surface area (Å²) in [5.74, 6) is 0.433. The van der Waals surface area contributed by atoms with Crippen molar-refractivity contribution in [2.75, 3.05) is 11.5 Å². The fourth-order valence-electron chi connectivity index (χ4n) is 5.08. The number of benzene rings is 2. The number of nitrogen functional groups attached to an aromatic ring is 2. The molecule has 6 heterocycles. The molecule has 6 aromatic heterocycles. The lowest BCUT2D eigenvalue weighted by Crippen LogP contribution is -2.13. The third kappa shape index (κ3) is 6.83. The number of anilines is 2. The van der Waals surface area contributed by atoms with Crippen LogP contribution in [0.1, 0.15) is 26.3 Å². The topological polar surface area (TPSA) is 292 Å². The summed E-state index contributed by atoms with van der Waals surface area (Å²) in [5, 5.41) is 35.6. The molecule has 0 unspecified atom stereocenters. The molecule has 0 saturated carbocycles. The maximum atomic E-state index is 12.5. The van der Waals surface area contributed by atoms with Crippen LogP contribution in [0.15, 0.2) is 94.2 Å². The molecule has 20 heteroatoms. The van der Waals surface area contributed by atoms with E-state index in [0.29, 0.717) is 56.3 Å². The number of ketones is 2. The van der Waals surface area contributed by atoms with E-state index >= 15 is 0 Å². The fraction of sp³-hybridized carbons (Fsp3) is 0.0606. The number of carbonyl (C=O) groups is 2. The summed E-state index contributed by atoms with van der Waals surface area (Å²) in [6.45, 7) is -0.237. The van der Waals surface area contributed by atoms with Crippen molar-refractivity contribution in [1.82, 2.24) is 49.9 Å². The number of hydrogen-bond donors (Lipinski definition) is 2. The van der Waals surface area contributed by atoms with Crippen molar-refractivity contribution in [2.24, 2.45) is 0 Å². The third-order valence-electron chi connectivity index (χ3n) is 7.59. The van der Waals surface area contributed by atoms with Crippen LogP contribution in [0, 0.1) is 21.4 Å². The summed E-state index contributed by atoms with van der Waals surface area (Å²) in [4.78, 5) is 51.7. The van der Waals surface area contributed by atoms with Crippen molar-refractivity contribution in [1.29, 1.82) is 5.26 Å². The average Bonchev–Trinajstić information content (AvgIpc) is 4.01. The number of aromatic nitrogens is 10. The number of nitrogens with two attached hydrogens (primary N) is 2. The van der Waals surface area contributed by atoms with Crippen LogP contribution in [-0.4, -0.2) is 66.4 Å². The number of nitriles is 1. The maximum absolute atomic E-state index is 12.5. The number of hydrogen-bond acceptors (Lipinski definition) is 17. The highest BCUT2D eigenvalue weighted by Gasteiger charge is 2.21. The van der Waals surface area contributed by atoms with Crippen LogP contribution in [0.5, 0.6) is 0 Å². The first-order chi connectivity index (χ1) is 25.7. The first kappa shape index (κ1) is 33.3. The number of fused-ring (bicyclic) bond motifs is 2. The van der Waals surface area contributed by atoms with Crippen LogP contribution in [0.4, 0.5) is 17.6 Å². The Hall–Kier alpha value is -8.21. The van der Waals surface area contributed by atoms with Crippen LogP contribution in [0.3, 0.4) is 0 Å². The normalized spacial score (nSPS) is 10.8. The summed E-state index contributed by atoms with van der Waals surface area (Å²) in [5.41, 5.74) is 14.8. The van der Waals surface area contributed by atoms with E-state index < -0.39 is 4.92 Å². The number of carbonyl (C=O) groups excluding carboxylic acids is 2. The summed E-state index contributed by atoms with van der Waals surface area (Å²) >= 11 is 0. The average molecular weight is 711 g/mol. The van der Waals surface area contributed by atoms with Crippen LogP contribution in [0.2, 0.25) is 0 Å². The number of nitro groups is 1. The molecule has 8 rings (SSSR count). The zero-order valence-corrected chi connectivity index (χ0v) is 27.0. The third-order valence-corrected chi connectivity index (χ3v) is 7.59. The van der Waals surface area contributed by atoms with Gasteiger partial charge in [-0.05, 0) is 48.5 Å². The molecule has 8 aromatic rings. The number of nitrogens with zero attached hydrogens (tertiary/aromatic N) is 12. The van der Waals surface area contributed by atoms with Crippen molar-refractivity contribution in [3.05, 3.63) is 112 Å². The molecule has 0 bridgehead atoms. The molecule has 0 radical (unpaired) electrons. The second kappa shape index (κ2) is 14.0. The quantitative estimate of drug-likeness (QED) is 0.123. The highest BCUT2D eigenvalue weighted by atomic mass is 16.6. The van der Waals surface area contributed by atoms with Crippen molar-refractivity contribution in [2.45, 2.75) is 13.1 Å². The van der Waals surface area contributed by atoms with E-state index in [1.165, 1.54) is 46.2 Å². The first-order valence-electron chi connectivity index (χ1n) is 15.3. The predicted molar refractivity (Wildman–Crippen MR) is 183 cm³/mol. The molecular weight excluding hydrogens is 688 g/mol. The molecule has 0 aliphatic carbocycles. The van der Waals surface area contributed by atoms with Gasteiger partial charge in [-0.2, -0.15) is 15.2 Å². The van der Waals surface area contributed by atoms with Crippen LogP contribution < -0.4 is 11.5 Å². The zero-order valence-electron chi connectivity index (χ0n) is 27.0. The van der Waals surface area contributed by atoms with E-state index in [0.717, 1.165) is 0 Å². The lowest BCUT2D eigenvalue weighted by molar-refractivity contribution is -0.384. The monoisotopic (exact) mass is 710 g/mol. The van der Waals surface area contributed by atoms with Gasteiger partial charge in [-0.3, -0.25) is 19.7 Å². The molecule has 0 aliphatic rings. The minimum Gasteiger partial charge on any atom is -0.463 e. The van der Waals surface area contributed by atoms with Crippen LogP contribution in [0.25, 0.3) is 45.2 Å². The van der Waals surface area contributed by atoms with Crippen LogP contribution in [-0.2, 0) is 13.1 Å². The molecule has 53 heavy (non-hydrogen) atoms. The minimum atomic E-state index is -0.533. The summed E-state index contributed by atoms with van der Waals surface area (Å²) in [6.07, 6.45) is 3.00. The Labute approximate surface area is 295 Å². The molecule has 0 saturated heterocycles. The van der Waals surface area contributed by atoms with E-state index in [1.54, 1.807) is 48.5 Å². The van der Waals surface area contributed by atoms with Crippen molar-refractivity contribution < 1.29 is 23.3 Å². The van der Waals surface area contributed by atoms with Gasteiger partial charge in [0.1, 0.15) is 24.5 Å². The second-order valence-electron chi connectivity index (χ2n) is 11.0. The molecule has 0 fully saturated rings. The van der Waals surface area contributed by atoms with Gasteiger partial charge >= 0.3 is 0 Å². The molecule has 2 aromatic carbocycles. The van der Waals surface area contributed by atoms with E-state index in [2.05, 4.69) is 40.6 Å². The summed E-state index contributed by atoms with van der Waals surface area (Å²) < 4.78 is 13.3. The number of non-ortho nitro benzene ring substituents is 1. The largest absolute Gasteiger partial charge is 0.463 e. The lowest BCUT2D eigenvalue weighted by atomic mass is 10.1. The van der Waals surface area contributed by atoms with Crippen LogP contribution >= 0.6 is 0 Å². The molecule has 0 amide bonds. The minimum absolute atomic E-state index is 0.0137. The molecular formula is C33H22N14O6. The van der Waals surface area contributed by atoms with Crippen molar-refractivity contribution in [3.8, 4) is 29.0 Å². The summed E-state index contributed by atoms with van der Waals surface area (Å²) in [7, 11) is 0. The number of Topliss-reactive ketones (excluding diaryl/α,β-unsaturated/α-hetero) is 2. The SMILES string of the molecule is N#Cc1ccc(C(=O)Cn2nnc3c(-c4ccco4)nc(N)nc32)cc1.Nc1nc(-c2ccco2)c2nnn(CC(=O)c3ccc([N+](=O)[O-])cc3)c2n1.